The summed E-state index contributed by atoms with van der Waals surface area (Å²) in [5.41, 5.74) is 0.570. The molecular weight excluding hydrogens is 330 g/mol. The van der Waals surface area contributed by atoms with Crippen LogP contribution in [-0.4, -0.2) is 24.1 Å². The lowest BCUT2D eigenvalue weighted by atomic mass is 10.3. The Balaban J connectivity index is 1.85. The normalized spacial score (nSPS) is 12.8. The van der Waals surface area contributed by atoms with Crippen molar-refractivity contribution < 1.29 is 19.1 Å². The molecule has 2 atom stereocenters. The number of hydrogen-bond acceptors (Lipinski definition) is 4. The van der Waals surface area contributed by atoms with Gasteiger partial charge in [-0.3, -0.25) is 4.79 Å². The summed E-state index contributed by atoms with van der Waals surface area (Å²) in [5, 5.41) is 3.22. The minimum Gasteiger partial charge on any atom is -0.479 e. The number of nitrogens with one attached hydrogen (secondary N) is 1. The fourth-order valence-corrected chi connectivity index (χ4v) is 1.98. The number of amides is 1. The average molecular weight is 348 g/mol. The van der Waals surface area contributed by atoms with E-state index in [0.717, 1.165) is 0 Å². The summed E-state index contributed by atoms with van der Waals surface area (Å²) < 4.78 is 10.6. The molecule has 0 spiro atoms. The molecule has 1 amide bonds. The van der Waals surface area contributed by atoms with Gasteiger partial charge in [0.1, 0.15) is 5.75 Å². The molecule has 1 N–H and O–H groups in total. The number of halogens is 1. The van der Waals surface area contributed by atoms with Crippen LogP contribution in [0.3, 0.4) is 0 Å². The quantitative estimate of drug-likeness (QED) is 0.810. The number of carbonyl (C=O) groups is 2. The molecule has 6 heteroatoms. The van der Waals surface area contributed by atoms with Gasteiger partial charge in [0, 0.05) is 10.7 Å². The molecular formula is C18H18ClNO4. The summed E-state index contributed by atoms with van der Waals surface area (Å²) in [4.78, 5) is 24.1. The van der Waals surface area contributed by atoms with Gasteiger partial charge >= 0.3 is 5.97 Å². The van der Waals surface area contributed by atoms with E-state index in [9.17, 15) is 9.59 Å². The van der Waals surface area contributed by atoms with Gasteiger partial charge in [-0.1, -0.05) is 29.8 Å². The summed E-state index contributed by atoms with van der Waals surface area (Å²) in [6.45, 7) is 3.07. The van der Waals surface area contributed by atoms with E-state index < -0.39 is 24.1 Å². The van der Waals surface area contributed by atoms with Crippen molar-refractivity contribution in [3.05, 3.63) is 59.6 Å². The molecule has 2 aromatic carbocycles. The Morgan fingerprint density at radius 3 is 2.21 bits per heavy atom. The molecule has 0 heterocycles. The van der Waals surface area contributed by atoms with E-state index >= 15 is 0 Å². The van der Waals surface area contributed by atoms with Crippen LogP contribution >= 0.6 is 11.6 Å². The van der Waals surface area contributed by atoms with Crippen LogP contribution in [0, 0.1) is 0 Å². The van der Waals surface area contributed by atoms with Crippen LogP contribution in [-0.2, 0) is 14.3 Å². The first kappa shape index (κ1) is 17.8. The Bertz CT molecular complexity index is 688. The highest BCUT2D eigenvalue weighted by Crippen LogP contribution is 2.15. The van der Waals surface area contributed by atoms with Crippen LogP contribution in [0.25, 0.3) is 0 Å². The van der Waals surface area contributed by atoms with Crippen LogP contribution < -0.4 is 10.1 Å². The molecule has 2 rings (SSSR count). The lowest BCUT2D eigenvalue weighted by Crippen LogP contribution is -2.35. The smallest absolute Gasteiger partial charge is 0.347 e. The van der Waals surface area contributed by atoms with E-state index in [1.165, 1.54) is 6.92 Å². The third-order valence-corrected chi connectivity index (χ3v) is 3.41. The Morgan fingerprint density at radius 2 is 1.58 bits per heavy atom. The molecule has 0 radical (unpaired) electrons. The fraction of sp³-hybridized carbons (Fsp3) is 0.222. The molecule has 0 unspecified atom stereocenters. The summed E-state index contributed by atoms with van der Waals surface area (Å²) in [7, 11) is 0. The third kappa shape index (κ3) is 5.28. The minimum atomic E-state index is -0.949. The number of ether oxygens (including phenoxy) is 2. The van der Waals surface area contributed by atoms with Crippen LogP contribution in [0.2, 0.25) is 5.02 Å². The van der Waals surface area contributed by atoms with E-state index in [1.807, 2.05) is 6.07 Å². The Labute approximate surface area is 145 Å². The van der Waals surface area contributed by atoms with E-state index in [4.69, 9.17) is 21.1 Å². The second-order valence-electron chi connectivity index (χ2n) is 5.15. The maximum Gasteiger partial charge on any atom is 0.347 e. The van der Waals surface area contributed by atoms with Crippen molar-refractivity contribution in [2.45, 2.75) is 26.1 Å². The van der Waals surface area contributed by atoms with Crippen molar-refractivity contribution in [1.82, 2.24) is 0 Å². The SMILES string of the molecule is C[C@H](Oc1ccccc1)C(=O)O[C@H](C)C(=O)Nc1ccc(Cl)cc1. The molecule has 2 aromatic rings. The number of rotatable bonds is 6. The Hall–Kier alpha value is -2.53. The van der Waals surface area contributed by atoms with Crippen LogP contribution in [0.1, 0.15) is 13.8 Å². The molecule has 24 heavy (non-hydrogen) atoms. The van der Waals surface area contributed by atoms with E-state index in [2.05, 4.69) is 5.32 Å². The first-order chi connectivity index (χ1) is 11.5. The van der Waals surface area contributed by atoms with Gasteiger partial charge in [-0.25, -0.2) is 4.79 Å². The van der Waals surface area contributed by atoms with Gasteiger partial charge in [-0.2, -0.15) is 0 Å². The zero-order valence-corrected chi connectivity index (χ0v) is 14.1. The van der Waals surface area contributed by atoms with E-state index in [1.54, 1.807) is 55.5 Å². The molecule has 126 valence electrons. The van der Waals surface area contributed by atoms with Crippen molar-refractivity contribution in [3.63, 3.8) is 0 Å². The largest absolute Gasteiger partial charge is 0.479 e. The van der Waals surface area contributed by atoms with Gasteiger partial charge < -0.3 is 14.8 Å². The Kier molecular flexibility index (Phi) is 6.21. The first-order valence-corrected chi connectivity index (χ1v) is 7.82. The predicted molar refractivity (Wildman–Crippen MR) is 92.2 cm³/mol. The molecule has 5 nitrogen and oxygen atoms in total. The van der Waals surface area contributed by atoms with Gasteiger partial charge in [0.05, 0.1) is 0 Å². The molecule has 0 aliphatic carbocycles. The average Bonchev–Trinajstić information content (AvgIpc) is 2.57. The number of para-hydroxylation sites is 1. The van der Waals surface area contributed by atoms with Gasteiger partial charge in [0.25, 0.3) is 5.91 Å². The van der Waals surface area contributed by atoms with Crippen molar-refractivity contribution >= 4 is 29.2 Å². The molecule has 0 aliphatic rings. The van der Waals surface area contributed by atoms with Crippen LogP contribution in [0.5, 0.6) is 5.75 Å². The number of hydrogen-bond donors (Lipinski definition) is 1. The highest BCUT2D eigenvalue weighted by molar-refractivity contribution is 6.30. The zero-order valence-electron chi connectivity index (χ0n) is 13.4. The molecule has 0 saturated carbocycles. The summed E-state index contributed by atoms with van der Waals surface area (Å²) >= 11 is 5.78. The highest BCUT2D eigenvalue weighted by Gasteiger charge is 2.23. The predicted octanol–water partition coefficient (Wildman–Crippen LogP) is 3.68. The van der Waals surface area contributed by atoms with Crippen molar-refractivity contribution in [1.29, 1.82) is 0 Å². The number of anilines is 1. The van der Waals surface area contributed by atoms with Gasteiger partial charge in [-0.15, -0.1) is 0 Å². The highest BCUT2D eigenvalue weighted by atomic mass is 35.5. The standard InChI is InChI=1S/C18H18ClNO4/c1-12(17(21)20-15-10-8-14(19)9-11-15)24-18(22)13(2)23-16-6-4-3-5-7-16/h3-13H,1-2H3,(H,20,21)/t12-,13+/m1/s1. The number of esters is 1. The maximum absolute atomic E-state index is 12.1. The van der Waals surface area contributed by atoms with Crippen molar-refractivity contribution in [2.75, 3.05) is 5.32 Å². The molecule has 0 aromatic heterocycles. The molecule has 0 fully saturated rings. The molecule has 0 saturated heterocycles. The Morgan fingerprint density at radius 1 is 0.958 bits per heavy atom. The molecule has 0 aliphatic heterocycles. The first-order valence-electron chi connectivity index (χ1n) is 7.44. The zero-order chi connectivity index (χ0) is 17.5. The monoisotopic (exact) mass is 347 g/mol. The second-order valence-corrected chi connectivity index (χ2v) is 5.58. The van der Waals surface area contributed by atoms with Crippen molar-refractivity contribution in [2.24, 2.45) is 0 Å². The third-order valence-electron chi connectivity index (χ3n) is 3.16. The van der Waals surface area contributed by atoms with Crippen LogP contribution in [0.4, 0.5) is 5.69 Å². The van der Waals surface area contributed by atoms with Gasteiger partial charge in [0.15, 0.2) is 12.2 Å². The van der Waals surface area contributed by atoms with Crippen molar-refractivity contribution in [3.8, 4) is 5.75 Å². The van der Waals surface area contributed by atoms with Gasteiger partial charge in [-0.05, 0) is 50.2 Å². The van der Waals surface area contributed by atoms with E-state index in [0.29, 0.717) is 16.5 Å². The minimum absolute atomic E-state index is 0.433. The number of carbonyl (C=O) groups excluding carboxylic acids is 2. The maximum atomic E-state index is 12.1. The summed E-state index contributed by atoms with van der Waals surface area (Å²) in [6.07, 6.45) is -1.77. The lowest BCUT2D eigenvalue weighted by Gasteiger charge is -2.17. The summed E-state index contributed by atoms with van der Waals surface area (Å²) in [5.74, 6) is -0.490. The van der Waals surface area contributed by atoms with Gasteiger partial charge in [0.2, 0.25) is 0 Å². The van der Waals surface area contributed by atoms with Crippen LogP contribution in [0.15, 0.2) is 54.6 Å². The second kappa shape index (κ2) is 8.36. The number of benzene rings is 2. The lowest BCUT2D eigenvalue weighted by molar-refractivity contribution is -0.159. The topological polar surface area (TPSA) is 64.6 Å². The fourth-order valence-electron chi connectivity index (χ4n) is 1.85. The van der Waals surface area contributed by atoms with E-state index in [-0.39, 0.29) is 0 Å². The summed E-state index contributed by atoms with van der Waals surface area (Å²) in [6, 6.07) is 15.6. The molecule has 0 bridgehead atoms.